The monoisotopic (exact) mass is 342 g/mol. The van der Waals surface area contributed by atoms with Gasteiger partial charge in [-0.05, 0) is 69.2 Å². The number of benzene rings is 3. The van der Waals surface area contributed by atoms with Crippen molar-refractivity contribution >= 4 is 33.3 Å². The van der Waals surface area contributed by atoms with E-state index < -0.39 is 0 Å². The molecule has 0 amide bonds. The number of fused-ring (bicyclic) bond motifs is 5. The van der Waals surface area contributed by atoms with Crippen LogP contribution in [0.4, 0.5) is 0 Å². The molecule has 1 heteroatoms. The summed E-state index contributed by atoms with van der Waals surface area (Å²) < 4.78 is 0. The normalized spacial score (nSPS) is 15.5. The first kappa shape index (κ1) is 16.2. The summed E-state index contributed by atoms with van der Waals surface area (Å²) in [6, 6.07) is 18.0. The van der Waals surface area contributed by atoms with Crippen LogP contribution in [0.5, 0.6) is 0 Å². The lowest BCUT2D eigenvalue weighted by Crippen LogP contribution is -2.02. The highest BCUT2D eigenvalue weighted by atomic mass is 32.2. The molecule has 0 aromatic heterocycles. The van der Waals surface area contributed by atoms with E-state index in [0.29, 0.717) is 0 Å². The third kappa shape index (κ3) is 3.57. The summed E-state index contributed by atoms with van der Waals surface area (Å²) in [5, 5.41) is 9.73. The summed E-state index contributed by atoms with van der Waals surface area (Å²) >= 11 is 1.69. The second-order valence-corrected chi connectivity index (χ2v) is 7.29. The van der Waals surface area contributed by atoms with Gasteiger partial charge in [-0.15, -0.1) is 11.8 Å². The molecule has 0 radical (unpaired) electrons. The van der Waals surface area contributed by atoms with Gasteiger partial charge in [0.25, 0.3) is 0 Å². The van der Waals surface area contributed by atoms with Crippen molar-refractivity contribution in [2.24, 2.45) is 0 Å². The van der Waals surface area contributed by atoms with Gasteiger partial charge in [0.15, 0.2) is 0 Å². The molecule has 0 atom stereocenters. The fourth-order valence-electron chi connectivity index (χ4n) is 3.70. The van der Waals surface area contributed by atoms with E-state index in [0.717, 1.165) is 0 Å². The van der Waals surface area contributed by atoms with Crippen molar-refractivity contribution in [3.63, 3.8) is 0 Å². The molecule has 0 saturated heterocycles. The molecule has 0 saturated carbocycles. The fourth-order valence-corrected chi connectivity index (χ4v) is 4.15. The molecule has 0 fully saturated rings. The molecule has 2 aliphatic rings. The van der Waals surface area contributed by atoms with Gasteiger partial charge in [0.1, 0.15) is 0 Å². The predicted molar refractivity (Wildman–Crippen MR) is 113 cm³/mol. The Labute approximate surface area is 153 Å². The lowest BCUT2D eigenvalue weighted by atomic mass is 9.86. The van der Waals surface area contributed by atoms with Crippen LogP contribution in [0.15, 0.2) is 83.7 Å². The fraction of sp³-hybridized carbons (Fsp3) is 0.167. The van der Waals surface area contributed by atoms with Crippen LogP contribution in [0.3, 0.4) is 0 Å². The van der Waals surface area contributed by atoms with Crippen molar-refractivity contribution < 1.29 is 0 Å². The first-order chi connectivity index (χ1) is 12.4. The third-order valence-electron chi connectivity index (χ3n) is 4.91. The Balaban J connectivity index is 0.000000190. The Kier molecular flexibility index (Phi) is 5.03. The second kappa shape index (κ2) is 7.76. The first-order valence-corrected chi connectivity index (χ1v) is 9.94. The van der Waals surface area contributed by atoms with Gasteiger partial charge in [0.05, 0.1) is 0 Å². The van der Waals surface area contributed by atoms with E-state index in [2.05, 4.69) is 48.5 Å². The number of allylic oxidation sites excluding steroid dienone is 4. The van der Waals surface area contributed by atoms with Gasteiger partial charge >= 0.3 is 0 Å². The minimum absolute atomic E-state index is 1.25. The van der Waals surface area contributed by atoms with Crippen molar-refractivity contribution in [1.29, 1.82) is 0 Å². The maximum absolute atomic E-state index is 2.35. The van der Waals surface area contributed by atoms with Gasteiger partial charge in [0, 0.05) is 0 Å². The van der Waals surface area contributed by atoms with Crippen LogP contribution in [0, 0.1) is 0 Å². The van der Waals surface area contributed by atoms with Crippen LogP contribution in [0.1, 0.15) is 24.0 Å². The average molecular weight is 343 g/mol. The minimum atomic E-state index is 1.25. The summed E-state index contributed by atoms with van der Waals surface area (Å²) in [4.78, 5) is 0. The van der Waals surface area contributed by atoms with Gasteiger partial charge < -0.3 is 0 Å². The van der Waals surface area contributed by atoms with E-state index >= 15 is 0 Å². The molecular formula is C24H22S. The third-order valence-corrected chi connectivity index (χ3v) is 5.53. The summed E-state index contributed by atoms with van der Waals surface area (Å²) in [7, 11) is 0. The van der Waals surface area contributed by atoms with Gasteiger partial charge in [-0.2, -0.15) is 0 Å². The Morgan fingerprint density at radius 2 is 1.36 bits per heavy atom. The highest BCUT2D eigenvalue weighted by molar-refractivity contribution is 8.04. The lowest BCUT2D eigenvalue weighted by Gasteiger charge is -2.18. The zero-order valence-electron chi connectivity index (χ0n) is 14.3. The van der Waals surface area contributed by atoms with E-state index in [1.165, 1.54) is 47.2 Å². The molecule has 0 spiro atoms. The van der Waals surface area contributed by atoms with Gasteiger partial charge in [-0.25, -0.2) is 0 Å². The number of aryl methyl sites for hydroxylation is 2. The van der Waals surface area contributed by atoms with Crippen LogP contribution in [0.2, 0.25) is 0 Å². The zero-order chi connectivity index (χ0) is 16.9. The number of rotatable bonds is 0. The highest BCUT2D eigenvalue weighted by Crippen LogP contribution is 2.33. The largest absolute Gasteiger partial charge is 0.106 e. The quantitative estimate of drug-likeness (QED) is 0.390. The summed E-state index contributed by atoms with van der Waals surface area (Å²) in [6.07, 6.45) is 13.3. The van der Waals surface area contributed by atoms with Gasteiger partial charge in [-0.1, -0.05) is 72.8 Å². The van der Waals surface area contributed by atoms with Crippen LogP contribution in [-0.2, 0) is 12.8 Å². The van der Waals surface area contributed by atoms with Gasteiger partial charge in [0.2, 0.25) is 0 Å². The van der Waals surface area contributed by atoms with E-state index in [4.69, 9.17) is 0 Å². The molecule has 1 aliphatic heterocycles. The van der Waals surface area contributed by atoms with Crippen LogP contribution < -0.4 is 0 Å². The number of hydrogen-bond donors (Lipinski definition) is 0. The van der Waals surface area contributed by atoms with E-state index in [1.807, 2.05) is 35.1 Å². The Morgan fingerprint density at radius 1 is 0.600 bits per heavy atom. The molecule has 3 aromatic carbocycles. The Morgan fingerprint density at radius 3 is 2.24 bits per heavy atom. The summed E-state index contributed by atoms with van der Waals surface area (Å²) in [5.41, 5.74) is 3.17. The second-order valence-electron chi connectivity index (χ2n) is 6.47. The molecule has 3 aromatic rings. The smallest absolute Gasteiger partial charge is 0.0102 e. The molecule has 124 valence electrons. The van der Waals surface area contributed by atoms with E-state index in [-0.39, 0.29) is 0 Å². The summed E-state index contributed by atoms with van der Waals surface area (Å²) in [5.74, 6) is 0. The zero-order valence-corrected chi connectivity index (χ0v) is 15.1. The van der Waals surface area contributed by atoms with Crippen molar-refractivity contribution in [2.75, 3.05) is 0 Å². The number of thioether (sulfide) groups is 1. The summed E-state index contributed by atoms with van der Waals surface area (Å²) in [6.45, 7) is 0. The van der Waals surface area contributed by atoms with Gasteiger partial charge in [-0.3, -0.25) is 0 Å². The molecule has 1 heterocycles. The molecule has 25 heavy (non-hydrogen) atoms. The Hall–Kier alpha value is -2.25. The molecule has 0 unspecified atom stereocenters. The van der Waals surface area contributed by atoms with Crippen molar-refractivity contribution in [2.45, 2.75) is 25.7 Å². The van der Waals surface area contributed by atoms with Crippen molar-refractivity contribution in [1.82, 2.24) is 0 Å². The topological polar surface area (TPSA) is 0 Å². The van der Waals surface area contributed by atoms with Crippen LogP contribution >= 0.6 is 11.8 Å². The lowest BCUT2D eigenvalue weighted by molar-refractivity contribution is 0.690. The maximum atomic E-state index is 2.35. The number of hydrogen-bond acceptors (Lipinski definition) is 1. The Bertz CT molecular complexity index is 962. The first-order valence-electron chi connectivity index (χ1n) is 8.99. The highest BCUT2D eigenvalue weighted by Gasteiger charge is 2.13. The molecule has 0 nitrogen and oxygen atoms in total. The SMILES string of the molecule is C1=CC=CSC=C1.c1ccc2c(c1)ccc1c3c(ccc12)CCCC3. The van der Waals surface area contributed by atoms with E-state index in [1.54, 1.807) is 22.9 Å². The predicted octanol–water partition coefficient (Wildman–Crippen LogP) is 7.19. The van der Waals surface area contributed by atoms with E-state index in [9.17, 15) is 0 Å². The molecule has 0 N–H and O–H groups in total. The maximum Gasteiger partial charge on any atom is -0.0102 e. The molecule has 5 rings (SSSR count). The van der Waals surface area contributed by atoms with Crippen molar-refractivity contribution in [3.8, 4) is 0 Å². The molecule has 0 bridgehead atoms. The van der Waals surface area contributed by atoms with Crippen molar-refractivity contribution in [3.05, 3.63) is 94.8 Å². The minimum Gasteiger partial charge on any atom is -0.106 e. The standard InChI is InChI=1S/C18H16.C6H6S/c1-3-7-15-13(5-1)9-11-18-16-8-4-2-6-14(16)10-12-17(15)18;1-2-4-6-7-5-3-1/h1,3,5,7,9-12H,2,4,6,8H2;1-6H. The average Bonchev–Trinajstić information content (AvgIpc) is 3.01. The van der Waals surface area contributed by atoms with Crippen LogP contribution in [0.25, 0.3) is 21.5 Å². The van der Waals surface area contributed by atoms with Crippen LogP contribution in [-0.4, -0.2) is 0 Å². The molecule has 1 aliphatic carbocycles. The molecular weight excluding hydrogens is 320 g/mol.